The Balaban J connectivity index is 1.53. The number of rotatable bonds is 6. The number of carbonyl (C=O) groups excluding carboxylic acids is 1. The Morgan fingerprint density at radius 3 is 2.52 bits per heavy atom. The molecule has 0 atom stereocenters. The van der Waals surface area contributed by atoms with Crippen molar-refractivity contribution in [3.8, 4) is 11.5 Å². The zero-order valence-electron chi connectivity index (χ0n) is 14.3. The molecule has 0 saturated carbocycles. The highest BCUT2D eigenvalue weighted by Crippen LogP contribution is 2.16. The zero-order chi connectivity index (χ0) is 19.1. The molecule has 0 aliphatic rings. The van der Waals surface area contributed by atoms with Crippen molar-refractivity contribution in [2.45, 2.75) is 6.61 Å². The molecule has 0 fully saturated rings. The highest BCUT2D eigenvalue weighted by atomic mass is 79.9. The van der Waals surface area contributed by atoms with E-state index in [1.165, 1.54) is 6.21 Å². The van der Waals surface area contributed by atoms with Crippen LogP contribution in [0.2, 0.25) is 0 Å². The summed E-state index contributed by atoms with van der Waals surface area (Å²) < 4.78 is 6.74. The summed E-state index contributed by atoms with van der Waals surface area (Å²) in [5.41, 5.74) is 4.67. The molecule has 3 aromatic rings. The van der Waals surface area contributed by atoms with E-state index in [1.54, 1.807) is 48.5 Å². The predicted octanol–water partition coefficient (Wildman–Crippen LogP) is 4.50. The zero-order valence-corrected chi connectivity index (χ0v) is 15.9. The van der Waals surface area contributed by atoms with Gasteiger partial charge in [-0.15, -0.1) is 0 Å². The SMILES string of the molecule is O=C(N/N=C/c1cccc(O)c1)c1ccc(OCc2ccc(Br)cc2)cc1. The number of ether oxygens (including phenoxy) is 1. The van der Waals surface area contributed by atoms with Gasteiger partial charge < -0.3 is 9.84 Å². The molecule has 0 bridgehead atoms. The van der Waals surface area contributed by atoms with Crippen LogP contribution in [-0.4, -0.2) is 17.2 Å². The van der Waals surface area contributed by atoms with Crippen molar-refractivity contribution in [3.05, 3.63) is 94.0 Å². The molecular formula is C21H17BrN2O3. The lowest BCUT2D eigenvalue weighted by Crippen LogP contribution is -2.17. The number of nitrogens with zero attached hydrogens (tertiary/aromatic N) is 1. The van der Waals surface area contributed by atoms with E-state index in [9.17, 15) is 9.90 Å². The molecule has 0 aliphatic heterocycles. The van der Waals surface area contributed by atoms with Gasteiger partial charge in [0, 0.05) is 10.0 Å². The van der Waals surface area contributed by atoms with Gasteiger partial charge in [0.2, 0.25) is 0 Å². The summed E-state index contributed by atoms with van der Waals surface area (Å²) in [5, 5.41) is 13.3. The molecule has 6 heteroatoms. The minimum atomic E-state index is -0.328. The molecule has 5 nitrogen and oxygen atoms in total. The third-order valence-corrected chi connectivity index (χ3v) is 4.21. The second-order valence-electron chi connectivity index (χ2n) is 5.73. The van der Waals surface area contributed by atoms with Crippen LogP contribution in [0, 0.1) is 0 Å². The Bertz CT molecular complexity index is 938. The number of hydrogen-bond acceptors (Lipinski definition) is 4. The lowest BCUT2D eigenvalue weighted by molar-refractivity contribution is 0.0955. The van der Waals surface area contributed by atoms with Gasteiger partial charge in [-0.1, -0.05) is 40.2 Å². The Morgan fingerprint density at radius 2 is 1.81 bits per heavy atom. The van der Waals surface area contributed by atoms with Gasteiger partial charge in [-0.3, -0.25) is 4.79 Å². The fraction of sp³-hybridized carbons (Fsp3) is 0.0476. The van der Waals surface area contributed by atoms with E-state index >= 15 is 0 Å². The van der Waals surface area contributed by atoms with Crippen molar-refractivity contribution in [1.29, 1.82) is 0 Å². The van der Waals surface area contributed by atoms with Crippen LogP contribution in [0.4, 0.5) is 0 Å². The molecule has 3 aromatic carbocycles. The van der Waals surface area contributed by atoms with E-state index in [1.807, 2.05) is 24.3 Å². The first-order valence-corrected chi connectivity index (χ1v) is 8.99. The van der Waals surface area contributed by atoms with E-state index in [-0.39, 0.29) is 11.7 Å². The number of carbonyl (C=O) groups is 1. The van der Waals surface area contributed by atoms with Crippen LogP contribution < -0.4 is 10.2 Å². The largest absolute Gasteiger partial charge is 0.508 e. The van der Waals surface area contributed by atoms with Gasteiger partial charge in [-0.2, -0.15) is 5.10 Å². The standard InChI is InChI=1S/C21H17BrN2O3/c22-18-8-4-15(5-9-18)14-27-20-10-6-17(7-11-20)21(26)24-23-13-16-2-1-3-19(25)12-16/h1-13,25H,14H2,(H,24,26)/b23-13+. The van der Waals surface area contributed by atoms with Gasteiger partial charge in [-0.25, -0.2) is 5.43 Å². The number of nitrogens with one attached hydrogen (secondary N) is 1. The van der Waals surface area contributed by atoms with Crippen LogP contribution in [0.3, 0.4) is 0 Å². The fourth-order valence-corrected chi connectivity index (χ4v) is 2.55. The monoisotopic (exact) mass is 424 g/mol. The number of halogens is 1. The van der Waals surface area contributed by atoms with E-state index in [2.05, 4.69) is 26.5 Å². The second kappa shape index (κ2) is 9.00. The van der Waals surface area contributed by atoms with Gasteiger partial charge in [0.05, 0.1) is 6.21 Å². The maximum Gasteiger partial charge on any atom is 0.271 e. The lowest BCUT2D eigenvalue weighted by Gasteiger charge is -2.07. The van der Waals surface area contributed by atoms with Crippen molar-refractivity contribution in [2.24, 2.45) is 5.10 Å². The molecule has 27 heavy (non-hydrogen) atoms. The van der Waals surface area contributed by atoms with Gasteiger partial charge in [0.25, 0.3) is 5.91 Å². The molecule has 0 saturated heterocycles. The number of hydrazone groups is 1. The Morgan fingerprint density at radius 1 is 1.07 bits per heavy atom. The topological polar surface area (TPSA) is 70.9 Å². The highest BCUT2D eigenvalue weighted by molar-refractivity contribution is 9.10. The van der Waals surface area contributed by atoms with Crippen molar-refractivity contribution in [1.82, 2.24) is 5.43 Å². The van der Waals surface area contributed by atoms with E-state index in [4.69, 9.17) is 4.74 Å². The Kier molecular flexibility index (Phi) is 6.22. The third-order valence-electron chi connectivity index (χ3n) is 3.69. The summed E-state index contributed by atoms with van der Waals surface area (Å²) in [7, 11) is 0. The number of aromatic hydroxyl groups is 1. The van der Waals surface area contributed by atoms with Crippen molar-refractivity contribution >= 4 is 28.1 Å². The predicted molar refractivity (Wildman–Crippen MR) is 108 cm³/mol. The summed E-state index contributed by atoms with van der Waals surface area (Å²) in [6.07, 6.45) is 1.47. The van der Waals surface area contributed by atoms with Crippen LogP contribution in [0.15, 0.2) is 82.4 Å². The van der Waals surface area contributed by atoms with Crippen LogP contribution in [-0.2, 0) is 6.61 Å². The van der Waals surface area contributed by atoms with Crippen LogP contribution in [0.1, 0.15) is 21.5 Å². The maximum absolute atomic E-state index is 12.1. The summed E-state index contributed by atoms with van der Waals surface area (Å²) in [6.45, 7) is 0.451. The summed E-state index contributed by atoms with van der Waals surface area (Å²) in [5.74, 6) is 0.493. The number of benzene rings is 3. The number of amides is 1. The normalized spacial score (nSPS) is 10.7. The average Bonchev–Trinajstić information content (AvgIpc) is 2.68. The van der Waals surface area contributed by atoms with Crippen molar-refractivity contribution in [2.75, 3.05) is 0 Å². The van der Waals surface area contributed by atoms with Crippen LogP contribution >= 0.6 is 15.9 Å². The first-order chi connectivity index (χ1) is 13.1. The molecule has 3 rings (SSSR count). The van der Waals surface area contributed by atoms with E-state index in [0.717, 1.165) is 10.0 Å². The lowest BCUT2D eigenvalue weighted by atomic mass is 10.2. The van der Waals surface area contributed by atoms with Gasteiger partial charge in [0.1, 0.15) is 18.1 Å². The molecule has 0 aromatic heterocycles. The average molecular weight is 425 g/mol. The quantitative estimate of drug-likeness (QED) is 0.452. The van der Waals surface area contributed by atoms with Crippen molar-refractivity contribution in [3.63, 3.8) is 0 Å². The minimum absolute atomic E-state index is 0.143. The maximum atomic E-state index is 12.1. The number of phenolic OH excluding ortho intramolecular Hbond substituents is 1. The fourth-order valence-electron chi connectivity index (χ4n) is 2.28. The smallest absolute Gasteiger partial charge is 0.271 e. The molecule has 0 heterocycles. The first kappa shape index (κ1) is 18.7. The number of hydrogen-bond donors (Lipinski definition) is 2. The van der Waals surface area contributed by atoms with Gasteiger partial charge >= 0.3 is 0 Å². The molecule has 2 N–H and O–H groups in total. The highest BCUT2D eigenvalue weighted by Gasteiger charge is 2.04. The number of phenols is 1. The molecule has 1 amide bonds. The van der Waals surface area contributed by atoms with E-state index in [0.29, 0.717) is 23.5 Å². The first-order valence-electron chi connectivity index (χ1n) is 8.20. The van der Waals surface area contributed by atoms with Gasteiger partial charge in [-0.05, 0) is 59.7 Å². The summed E-state index contributed by atoms with van der Waals surface area (Å²) in [6, 6.07) is 21.3. The third kappa shape index (κ3) is 5.69. The summed E-state index contributed by atoms with van der Waals surface area (Å²) >= 11 is 3.40. The Hall–Kier alpha value is -3.12. The van der Waals surface area contributed by atoms with Crippen LogP contribution in [0.5, 0.6) is 11.5 Å². The second-order valence-corrected chi connectivity index (χ2v) is 6.65. The van der Waals surface area contributed by atoms with Crippen LogP contribution in [0.25, 0.3) is 0 Å². The molecule has 0 radical (unpaired) electrons. The van der Waals surface area contributed by atoms with Gasteiger partial charge in [0.15, 0.2) is 0 Å². The molecule has 136 valence electrons. The molecule has 0 spiro atoms. The summed E-state index contributed by atoms with van der Waals surface area (Å²) in [4.78, 5) is 12.1. The molecule has 0 aliphatic carbocycles. The Labute approximate surface area is 165 Å². The molecular weight excluding hydrogens is 408 g/mol. The minimum Gasteiger partial charge on any atom is -0.508 e. The van der Waals surface area contributed by atoms with Crippen molar-refractivity contribution < 1.29 is 14.6 Å². The molecule has 0 unspecified atom stereocenters. The van der Waals surface area contributed by atoms with E-state index < -0.39 is 0 Å².